The molecule has 0 aliphatic heterocycles. The van der Waals surface area contributed by atoms with Crippen molar-refractivity contribution in [2.45, 2.75) is 39.5 Å². The van der Waals surface area contributed by atoms with Crippen LogP contribution in [0.4, 0.5) is 0 Å². The lowest BCUT2D eigenvalue weighted by atomic mass is 10.1. The van der Waals surface area contributed by atoms with Crippen molar-refractivity contribution in [1.82, 2.24) is 0 Å². The summed E-state index contributed by atoms with van der Waals surface area (Å²) < 4.78 is 0. The van der Waals surface area contributed by atoms with Crippen molar-refractivity contribution in [2.75, 3.05) is 0 Å². The van der Waals surface area contributed by atoms with Crippen LogP contribution in [0.3, 0.4) is 0 Å². The summed E-state index contributed by atoms with van der Waals surface area (Å²) in [4.78, 5) is 0. The second-order valence-electron chi connectivity index (χ2n) is 3.46. The molecular weight excluding hydrogens is 144 g/mol. The molecule has 0 aliphatic carbocycles. The molecule has 0 nitrogen and oxygen atoms in total. The Hall–Kier alpha value is -0.780. The third kappa shape index (κ3) is 9.22. The Morgan fingerprint density at radius 3 is 1.50 bits per heavy atom. The highest BCUT2D eigenvalue weighted by Gasteiger charge is 1.84. The van der Waals surface area contributed by atoms with Crippen molar-refractivity contribution in [1.29, 1.82) is 0 Å². The van der Waals surface area contributed by atoms with Crippen LogP contribution in [0.25, 0.3) is 0 Å². The average molecular weight is 164 g/mol. The van der Waals surface area contributed by atoms with Gasteiger partial charge in [0.25, 0.3) is 0 Å². The summed E-state index contributed by atoms with van der Waals surface area (Å²) >= 11 is 0. The van der Waals surface area contributed by atoms with E-state index in [2.05, 4.69) is 39.2 Å². The van der Waals surface area contributed by atoms with Gasteiger partial charge in [0, 0.05) is 0 Å². The molecule has 0 rings (SSSR count). The molecule has 0 bridgehead atoms. The molecule has 0 atom stereocenters. The van der Waals surface area contributed by atoms with Crippen LogP contribution < -0.4 is 0 Å². The van der Waals surface area contributed by atoms with E-state index in [0.29, 0.717) is 0 Å². The van der Waals surface area contributed by atoms with Crippen molar-refractivity contribution in [3.63, 3.8) is 0 Å². The molecule has 0 fully saturated rings. The summed E-state index contributed by atoms with van der Waals surface area (Å²) in [6.07, 6.45) is 8.96. The molecule has 0 N–H and O–H groups in total. The van der Waals surface area contributed by atoms with E-state index in [1.54, 1.807) is 0 Å². The largest absolute Gasteiger partial charge is 0.100 e. The molecule has 12 heavy (non-hydrogen) atoms. The Labute approximate surface area is 76.7 Å². The Morgan fingerprint density at radius 2 is 1.25 bits per heavy atom. The van der Waals surface area contributed by atoms with Crippen LogP contribution in [-0.4, -0.2) is 0 Å². The van der Waals surface area contributed by atoms with Gasteiger partial charge in [-0.2, -0.15) is 0 Å². The molecule has 0 aromatic carbocycles. The third-order valence-corrected chi connectivity index (χ3v) is 1.64. The zero-order chi connectivity index (χ0) is 9.40. The highest BCUT2D eigenvalue weighted by atomic mass is 13.9. The maximum Gasteiger partial charge on any atom is -0.0291 e. The lowest BCUT2D eigenvalue weighted by molar-refractivity contribution is 0.946. The van der Waals surface area contributed by atoms with Crippen LogP contribution in [0, 0.1) is 0 Å². The Bertz CT molecular complexity index is 152. The molecule has 0 amide bonds. The number of rotatable bonds is 6. The molecule has 0 aromatic rings. The Balaban J connectivity index is 3.26. The van der Waals surface area contributed by atoms with E-state index in [1.807, 2.05) is 0 Å². The molecule has 0 saturated carbocycles. The first-order chi connectivity index (χ1) is 5.63. The van der Waals surface area contributed by atoms with Gasteiger partial charge in [-0.3, -0.25) is 0 Å². The topological polar surface area (TPSA) is 0 Å². The molecule has 0 unspecified atom stereocenters. The predicted molar refractivity (Wildman–Crippen MR) is 57.2 cm³/mol. The molecule has 0 spiro atoms. The van der Waals surface area contributed by atoms with Gasteiger partial charge in [-0.15, -0.1) is 13.2 Å². The van der Waals surface area contributed by atoms with E-state index >= 15 is 0 Å². The molecule has 0 aliphatic rings. The summed E-state index contributed by atoms with van der Waals surface area (Å²) in [6, 6.07) is 0. The minimum atomic E-state index is 1.11. The number of allylic oxidation sites excluding steroid dienone is 4. The molecule has 0 saturated heterocycles. The van der Waals surface area contributed by atoms with E-state index in [0.717, 1.165) is 25.7 Å². The Kier molecular flexibility index (Phi) is 6.45. The molecule has 0 radical (unpaired) electrons. The predicted octanol–water partition coefficient (Wildman–Crippen LogP) is 4.26. The lowest BCUT2D eigenvalue weighted by Gasteiger charge is -1.94. The van der Waals surface area contributed by atoms with Gasteiger partial charge >= 0.3 is 0 Å². The van der Waals surface area contributed by atoms with Gasteiger partial charge in [-0.05, 0) is 39.5 Å². The van der Waals surface area contributed by atoms with Gasteiger partial charge in [0.05, 0.1) is 0 Å². The van der Waals surface area contributed by atoms with Crippen LogP contribution in [0.2, 0.25) is 0 Å². The highest BCUT2D eigenvalue weighted by molar-refractivity contribution is 4.95. The zero-order valence-corrected chi connectivity index (χ0v) is 8.40. The van der Waals surface area contributed by atoms with E-state index < -0.39 is 0 Å². The average Bonchev–Trinajstić information content (AvgIpc) is 1.95. The first-order valence-corrected chi connectivity index (χ1v) is 4.56. The summed E-state index contributed by atoms with van der Waals surface area (Å²) in [5, 5.41) is 0. The summed E-state index contributed by atoms with van der Waals surface area (Å²) in [5.41, 5.74) is 2.53. The summed E-state index contributed by atoms with van der Waals surface area (Å²) in [5.74, 6) is 0. The van der Waals surface area contributed by atoms with Gasteiger partial charge in [0.2, 0.25) is 0 Å². The molecule has 0 heterocycles. The lowest BCUT2D eigenvalue weighted by Crippen LogP contribution is -1.73. The van der Waals surface area contributed by atoms with E-state index in [9.17, 15) is 0 Å². The molecular formula is C12H20. The third-order valence-electron chi connectivity index (χ3n) is 1.64. The van der Waals surface area contributed by atoms with E-state index in [1.165, 1.54) is 11.1 Å². The fourth-order valence-electron chi connectivity index (χ4n) is 0.895. The maximum absolute atomic E-state index is 3.85. The summed E-state index contributed by atoms with van der Waals surface area (Å²) in [7, 11) is 0. The van der Waals surface area contributed by atoms with Crippen molar-refractivity contribution in [2.24, 2.45) is 0 Å². The van der Waals surface area contributed by atoms with Crippen LogP contribution in [-0.2, 0) is 0 Å². The second kappa shape index (κ2) is 6.90. The van der Waals surface area contributed by atoms with E-state index in [4.69, 9.17) is 0 Å². The zero-order valence-electron chi connectivity index (χ0n) is 8.40. The smallest absolute Gasteiger partial charge is 0.0291 e. The quantitative estimate of drug-likeness (QED) is 0.515. The standard InChI is InChI=1S/C12H20/c1-11(2)9-7-5-6-8-10-12(3)4/h5-6H,1,3,7-10H2,2,4H3/b6-5+. The van der Waals surface area contributed by atoms with Gasteiger partial charge < -0.3 is 0 Å². The normalized spacial score (nSPS) is 10.5. The second-order valence-corrected chi connectivity index (χ2v) is 3.46. The van der Waals surface area contributed by atoms with Crippen molar-refractivity contribution >= 4 is 0 Å². The Morgan fingerprint density at radius 1 is 0.917 bits per heavy atom. The fourth-order valence-corrected chi connectivity index (χ4v) is 0.895. The monoisotopic (exact) mass is 164 g/mol. The van der Waals surface area contributed by atoms with Gasteiger partial charge in [-0.1, -0.05) is 23.3 Å². The van der Waals surface area contributed by atoms with Gasteiger partial charge in [0.15, 0.2) is 0 Å². The van der Waals surface area contributed by atoms with Gasteiger partial charge in [0.1, 0.15) is 0 Å². The number of hydrogen-bond donors (Lipinski definition) is 0. The van der Waals surface area contributed by atoms with Crippen molar-refractivity contribution < 1.29 is 0 Å². The van der Waals surface area contributed by atoms with Crippen LogP contribution in [0.15, 0.2) is 36.5 Å². The fraction of sp³-hybridized carbons (Fsp3) is 0.500. The molecule has 0 aromatic heterocycles. The molecule has 68 valence electrons. The van der Waals surface area contributed by atoms with Gasteiger partial charge in [-0.25, -0.2) is 0 Å². The van der Waals surface area contributed by atoms with Crippen LogP contribution in [0.1, 0.15) is 39.5 Å². The summed E-state index contributed by atoms with van der Waals surface area (Å²) in [6.45, 7) is 11.8. The van der Waals surface area contributed by atoms with E-state index in [-0.39, 0.29) is 0 Å². The highest BCUT2D eigenvalue weighted by Crippen LogP contribution is 2.04. The van der Waals surface area contributed by atoms with Crippen molar-refractivity contribution in [3.05, 3.63) is 36.5 Å². The van der Waals surface area contributed by atoms with Crippen LogP contribution in [0.5, 0.6) is 0 Å². The number of hydrogen-bond acceptors (Lipinski definition) is 0. The first-order valence-electron chi connectivity index (χ1n) is 4.56. The van der Waals surface area contributed by atoms with Crippen LogP contribution >= 0.6 is 0 Å². The maximum atomic E-state index is 3.85. The molecule has 0 heteroatoms. The van der Waals surface area contributed by atoms with Crippen molar-refractivity contribution in [3.8, 4) is 0 Å². The minimum absolute atomic E-state index is 1.11. The SMILES string of the molecule is C=C(C)CC/C=C/CCC(=C)C. The first kappa shape index (κ1) is 11.2. The minimum Gasteiger partial charge on any atom is -0.100 e.